The monoisotopic (exact) mass is 631 g/mol. The molecule has 0 spiro atoms. The second-order valence-corrected chi connectivity index (χ2v) is 11.2. The molecule has 0 saturated carbocycles. The second-order valence-electron chi connectivity index (χ2n) is 11.2. The number of unbranched alkanes of at least 4 members (excludes halogenated alkanes) is 6. The molecule has 1 N–H and O–H groups in total. The van der Waals surface area contributed by atoms with E-state index in [4.69, 9.17) is 9.97 Å². The van der Waals surface area contributed by atoms with Gasteiger partial charge in [-0.05, 0) is 74.5 Å². The van der Waals surface area contributed by atoms with Crippen molar-refractivity contribution < 1.29 is 26.3 Å². The van der Waals surface area contributed by atoms with Gasteiger partial charge in [-0.1, -0.05) is 58.4 Å². The minimum Gasteiger partial charge on any atom is -0.340 e. The molecule has 0 radical (unpaired) electrons. The van der Waals surface area contributed by atoms with Gasteiger partial charge in [0, 0.05) is 22.8 Å². The summed E-state index contributed by atoms with van der Waals surface area (Å²) in [6.07, 6.45) is 1.05. The number of hydrogen-bond acceptors (Lipinski definition) is 5. The Labute approximate surface area is 260 Å². The number of alkyl halides is 6. The second kappa shape index (κ2) is 15.5. The SMILES string of the molecule is CCCCCCN(CCCCCC)Cc1nc(Nc2ccc(C(F)(F)F)cc2)c2ccc(-c3ncccc3C(F)(F)F)cc2n1. The number of halogens is 6. The Morgan fingerprint density at radius 3 is 2.00 bits per heavy atom. The Morgan fingerprint density at radius 1 is 0.733 bits per heavy atom. The van der Waals surface area contributed by atoms with Crippen LogP contribution in [0.3, 0.4) is 0 Å². The van der Waals surface area contributed by atoms with E-state index < -0.39 is 23.5 Å². The van der Waals surface area contributed by atoms with Crippen LogP contribution in [0.1, 0.15) is 82.2 Å². The molecular formula is C34H39F6N5. The van der Waals surface area contributed by atoms with Crippen molar-refractivity contribution in [1.82, 2.24) is 19.9 Å². The Bertz CT molecular complexity index is 1510. The zero-order valence-electron chi connectivity index (χ0n) is 25.6. The van der Waals surface area contributed by atoms with E-state index in [9.17, 15) is 26.3 Å². The van der Waals surface area contributed by atoms with E-state index in [2.05, 4.69) is 29.0 Å². The number of nitrogens with zero attached hydrogens (tertiary/aromatic N) is 4. The molecule has 0 aliphatic carbocycles. The van der Waals surface area contributed by atoms with Gasteiger partial charge in [-0.25, -0.2) is 9.97 Å². The molecule has 4 rings (SSSR count). The van der Waals surface area contributed by atoms with Crippen molar-refractivity contribution in [3.05, 3.63) is 77.7 Å². The first-order valence-corrected chi connectivity index (χ1v) is 15.5. The number of benzene rings is 2. The van der Waals surface area contributed by atoms with Crippen LogP contribution in [0.4, 0.5) is 37.8 Å². The van der Waals surface area contributed by atoms with E-state index in [1.807, 2.05) is 0 Å². The van der Waals surface area contributed by atoms with Gasteiger partial charge in [-0.3, -0.25) is 9.88 Å². The van der Waals surface area contributed by atoms with E-state index in [0.29, 0.717) is 34.8 Å². The first kappa shape index (κ1) is 34.1. The summed E-state index contributed by atoms with van der Waals surface area (Å²) in [5.74, 6) is 0.826. The predicted molar refractivity (Wildman–Crippen MR) is 166 cm³/mol. The first-order valence-electron chi connectivity index (χ1n) is 15.5. The van der Waals surface area contributed by atoms with Gasteiger partial charge in [0.2, 0.25) is 0 Å². The molecule has 45 heavy (non-hydrogen) atoms. The van der Waals surface area contributed by atoms with E-state index in [-0.39, 0.29) is 11.3 Å². The van der Waals surface area contributed by atoms with Crippen LogP contribution < -0.4 is 5.32 Å². The van der Waals surface area contributed by atoms with Crippen LogP contribution in [0.5, 0.6) is 0 Å². The number of nitrogens with one attached hydrogen (secondary N) is 1. The summed E-state index contributed by atoms with van der Waals surface area (Å²) in [4.78, 5) is 15.9. The van der Waals surface area contributed by atoms with Crippen molar-refractivity contribution in [2.45, 2.75) is 84.1 Å². The van der Waals surface area contributed by atoms with Gasteiger partial charge >= 0.3 is 12.4 Å². The summed E-state index contributed by atoms with van der Waals surface area (Å²) in [6, 6.07) is 11.5. The maximum absolute atomic E-state index is 13.8. The molecular weight excluding hydrogens is 592 g/mol. The standard InChI is InChI=1S/C34H39F6N5/c1-3-5-7-9-20-45(21-10-8-6-4-2)23-30-43-29-22-24(31-28(34(38,39)40)12-11-19-41-31)13-18-27(29)32(44-30)42-26-16-14-25(15-17-26)33(35,36)37/h11-19,22H,3-10,20-21,23H2,1-2H3,(H,42,43,44). The molecule has 0 saturated heterocycles. The fourth-order valence-electron chi connectivity index (χ4n) is 5.23. The van der Waals surface area contributed by atoms with Crippen LogP contribution in [0.2, 0.25) is 0 Å². The van der Waals surface area contributed by atoms with Crippen molar-refractivity contribution in [1.29, 1.82) is 0 Å². The van der Waals surface area contributed by atoms with Gasteiger partial charge in [0.1, 0.15) is 11.6 Å². The van der Waals surface area contributed by atoms with Crippen molar-refractivity contribution in [2.75, 3.05) is 18.4 Å². The summed E-state index contributed by atoms with van der Waals surface area (Å²) in [5.41, 5.74) is -0.800. The van der Waals surface area contributed by atoms with Gasteiger partial charge in [0.05, 0.1) is 28.9 Å². The normalized spacial score (nSPS) is 12.3. The summed E-state index contributed by atoms with van der Waals surface area (Å²) in [6.45, 7) is 6.47. The largest absolute Gasteiger partial charge is 0.418 e. The van der Waals surface area contributed by atoms with Crippen molar-refractivity contribution in [3.63, 3.8) is 0 Å². The van der Waals surface area contributed by atoms with Crippen molar-refractivity contribution >= 4 is 22.4 Å². The van der Waals surface area contributed by atoms with Crippen LogP contribution in [-0.2, 0) is 18.9 Å². The van der Waals surface area contributed by atoms with Gasteiger partial charge in [0.15, 0.2) is 0 Å². The number of rotatable bonds is 15. The highest BCUT2D eigenvalue weighted by Crippen LogP contribution is 2.37. The zero-order valence-corrected chi connectivity index (χ0v) is 25.6. The Kier molecular flexibility index (Phi) is 11.8. The van der Waals surface area contributed by atoms with Crippen molar-refractivity contribution in [3.8, 4) is 11.3 Å². The van der Waals surface area contributed by atoms with Crippen LogP contribution in [0, 0.1) is 0 Å². The van der Waals surface area contributed by atoms with Crippen LogP contribution >= 0.6 is 0 Å². The molecule has 2 aromatic carbocycles. The lowest BCUT2D eigenvalue weighted by Crippen LogP contribution is -2.27. The van der Waals surface area contributed by atoms with Gasteiger partial charge in [-0.15, -0.1) is 0 Å². The van der Waals surface area contributed by atoms with E-state index in [1.54, 1.807) is 12.1 Å². The van der Waals surface area contributed by atoms with Crippen LogP contribution in [0.25, 0.3) is 22.2 Å². The average Bonchev–Trinajstić information content (AvgIpc) is 3.00. The highest BCUT2D eigenvalue weighted by Gasteiger charge is 2.34. The molecule has 4 aromatic rings. The summed E-state index contributed by atoms with van der Waals surface area (Å²) >= 11 is 0. The first-order chi connectivity index (χ1) is 21.5. The number of pyridine rings is 1. The van der Waals surface area contributed by atoms with Gasteiger partial charge < -0.3 is 5.32 Å². The zero-order chi connectivity index (χ0) is 32.5. The molecule has 0 aliphatic heterocycles. The molecule has 5 nitrogen and oxygen atoms in total. The molecule has 2 aromatic heterocycles. The maximum atomic E-state index is 13.8. The Balaban J connectivity index is 1.74. The molecule has 11 heteroatoms. The molecule has 0 unspecified atom stereocenters. The maximum Gasteiger partial charge on any atom is 0.418 e. The molecule has 0 aliphatic rings. The number of anilines is 2. The minimum atomic E-state index is -4.60. The van der Waals surface area contributed by atoms with E-state index in [0.717, 1.165) is 82.7 Å². The van der Waals surface area contributed by atoms with Gasteiger partial charge in [-0.2, -0.15) is 26.3 Å². The molecule has 2 heterocycles. The summed E-state index contributed by atoms with van der Waals surface area (Å²) in [5, 5.41) is 3.64. The third kappa shape index (κ3) is 9.63. The number of fused-ring (bicyclic) bond motifs is 1. The molecule has 0 bridgehead atoms. The Hall–Kier alpha value is -3.73. The van der Waals surface area contributed by atoms with Crippen LogP contribution in [-0.4, -0.2) is 32.9 Å². The topological polar surface area (TPSA) is 53.9 Å². The number of hydrogen-bond donors (Lipinski definition) is 1. The minimum absolute atomic E-state index is 0.210. The third-order valence-corrected chi connectivity index (χ3v) is 7.63. The summed E-state index contributed by atoms with van der Waals surface area (Å²) < 4.78 is 80.9. The third-order valence-electron chi connectivity index (χ3n) is 7.63. The van der Waals surface area contributed by atoms with Crippen LogP contribution in [0.15, 0.2) is 60.8 Å². The highest BCUT2D eigenvalue weighted by molar-refractivity contribution is 5.93. The molecule has 0 atom stereocenters. The lowest BCUT2D eigenvalue weighted by Gasteiger charge is -2.22. The summed E-state index contributed by atoms with van der Waals surface area (Å²) in [7, 11) is 0. The number of aromatic nitrogens is 3. The highest BCUT2D eigenvalue weighted by atomic mass is 19.4. The average molecular weight is 632 g/mol. The van der Waals surface area contributed by atoms with Crippen molar-refractivity contribution in [2.24, 2.45) is 0 Å². The predicted octanol–water partition coefficient (Wildman–Crippen LogP) is 10.4. The fourth-order valence-corrected chi connectivity index (χ4v) is 5.23. The Morgan fingerprint density at radius 2 is 1.40 bits per heavy atom. The van der Waals surface area contributed by atoms with Gasteiger partial charge in [0.25, 0.3) is 0 Å². The lowest BCUT2D eigenvalue weighted by atomic mass is 10.0. The smallest absolute Gasteiger partial charge is 0.340 e. The fraction of sp³-hybridized carbons (Fsp3) is 0.441. The van der Waals surface area contributed by atoms with E-state index >= 15 is 0 Å². The molecule has 0 amide bonds. The lowest BCUT2D eigenvalue weighted by molar-refractivity contribution is -0.138. The quantitative estimate of drug-likeness (QED) is 0.105. The molecule has 0 fully saturated rings. The molecule has 242 valence electrons. The van der Waals surface area contributed by atoms with E-state index in [1.165, 1.54) is 30.5 Å².